The maximum atomic E-state index is 12.5. The van der Waals surface area contributed by atoms with Crippen LogP contribution in [0.2, 0.25) is 0 Å². The number of benzene rings is 1. The molecule has 2 aromatic rings. The third kappa shape index (κ3) is 6.74. The lowest BCUT2D eigenvalue weighted by atomic mass is 10.2. The number of aromatic nitrogens is 1. The van der Waals surface area contributed by atoms with Crippen LogP contribution in [-0.2, 0) is 6.42 Å². The van der Waals surface area contributed by atoms with E-state index >= 15 is 0 Å². The molecular weight excluding hydrogens is 232 g/mol. The zero-order valence-corrected chi connectivity index (χ0v) is 11.0. The molecule has 0 atom stereocenters. The molecule has 0 bridgehead atoms. The average Bonchev–Trinajstić information content (AvgIpc) is 2.44. The molecule has 0 N–H and O–H groups in total. The fourth-order valence-corrected chi connectivity index (χ4v) is 1.09. The molecule has 0 amide bonds. The van der Waals surface area contributed by atoms with Gasteiger partial charge in [-0.25, -0.2) is 0 Å². The molecule has 0 aliphatic heterocycles. The maximum absolute atomic E-state index is 12.5. The van der Waals surface area contributed by atoms with Crippen LogP contribution < -0.4 is 0 Å². The first-order chi connectivity index (χ1) is 8.74. The van der Waals surface area contributed by atoms with E-state index < -0.39 is 11.9 Å². The minimum Gasteiger partial charge on any atom is -0.190 e. The SMILES string of the molecule is CC.CCc1ccc(F)nc1F.c1ccccc1. The van der Waals surface area contributed by atoms with Gasteiger partial charge in [-0.2, -0.15) is 13.8 Å². The molecule has 2 rings (SSSR count). The van der Waals surface area contributed by atoms with E-state index in [1.165, 1.54) is 6.07 Å². The normalized spacial score (nSPS) is 8.50. The van der Waals surface area contributed by atoms with E-state index in [0.717, 1.165) is 6.07 Å². The van der Waals surface area contributed by atoms with Gasteiger partial charge in [0.25, 0.3) is 0 Å². The highest BCUT2D eigenvalue weighted by Gasteiger charge is 2.01. The number of nitrogens with zero attached hydrogens (tertiary/aromatic N) is 1. The summed E-state index contributed by atoms with van der Waals surface area (Å²) < 4.78 is 24.6. The standard InChI is InChI=1S/C7H7F2N.C6H6.C2H6/c1-2-5-3-4-6(8)10-7(5)9;1-2-4-6-5-3-1;1-2/h3-4H,2H2,1H3;1-6H;1-2H3. The van der Waals surface area contributed by atoms with Crippen LogP contribution >= 0.6 is 0 Å². The molecule has 0 aliphatic rings. The highest BCUT2D eigenvalue weighted by Crippen LogP contribution is 2.05. The molecule has 0 saturated heterocycles. The first-order valence-electron chi connectivity index (χ1n) is 6.05. The fourth-order valence-electron chi connectivity index (χ4n) is 1.09. The first-order valence-corrected chi connectivity index (χ1v) is 6.05. The Morgan fingerprint density at radius 1 is 0.889 bits per heavy atom. The Labute approximate surface area is 108 Å². The summed E-state index contributed by atoms with van der Waals surface area (Å²) in [5.41, 5.74) is 0.446. The third-order valence-electron chi connectivity index (χ3n) is 1.94. The van der Waals surface area contributed by atoms with Crippen molar-refractivity contribution in [2.24, 2.45) is 0 Å². The van der Waals surface area contributed by atoms with Gasteiger partial charge in [-0.1, -0.05) is 57.2 Å². The van der Waals surface area contributed by atoms with Crippen LogP contribution in [0.25, 0.3) is 0 Å². The molecule has 0 saturated carbocycles. The summed E-state index contributed by atoms with van der Waals surface area (Å²) in [5, 5.41) is 0. The fraction of sp³-hybridized carbons (Fsp3) is 0.267. The summed E-state index contributed by atoms with van der Waals surface area (Å²) in [6.45, 7) is 5.79. The van der Waals surface area contributed by atoms with Crippen LogP contribution in [0.15, 0.2) is 48.5 Å². The summed E-state index contributed by atoms with van der Waals surface area (Å²) in [6.07, 6.45) is 0.541. The number of hydrogen-bond acceptors (Lipinski definition) is 1. The third-order valence-corrected chi connectivity index (χ3v) is 1.94. The van der Waals surface area contributed by atoms with Gasteiger partial charge in [-0.15, -0.1) is 0 Å². The Bertz CT molecular complexity index is 389. The van der Waals surface area contributed by atoms with Gasteiger partial charge < -0.3 is 0 Å². The zero-order chi connectivity index (χ0) is 13.8. The maximum Gasteiger partial charge on any atom is 0.218 e. The molecule has 0 aliphatic carbocycles. The molecule has 0 fully saturated rings. The van der Waals surface area contributed by atoms with Crippen molar-refractivity contribution in [3.63, 3.8) is 0 Å². The molecule has 0 radical (unpaired) electrons. The number of halogens is 2. The number of rotatable bonds is 1. The Morgan fingerprint density at radius 2 is 1.33 bits per heavy atom. The molecule has 3 heteroatoms. The molecule has 0 unspecified atom stereocenters. The Kier molecular flexibility index (Phi) is 9.37. The van der Waals surface area contributed by atoms with Crippen LogP contribution in [0.4, 0.5) is 8.78 Å². The number of hydrogen-bond donors (Lipinski definition) is 0. The zero-order valence-electron chi connectivity index (χ0n) is 11.0. The second-order valence-corrected chi connectivity index (χ2v) is 3.09. The number of aryl methyl sites for hydroxylation is 1. The van der Waals surface area contributed by atoms with E-state index in [9.17, 15) is 8.78 Å². The lowest BCUT2D eigenvalue weighted by molar-refractivity contribution is 0.504. The predicted molar refractivity (Wildman–Crippen MR) is 71.3 cm³/mol. The molecular formula is C15H19F2N. The van der Waals surface area contributed by atoms with Crippen molar-refractivity contribution in [1.82, 2.24) is 4.98 Å². The Hall–Kier alpha value is -1.77. The van der Waals surface area contributed by atoms with Gasteiger partial charge in [0.2, 0.25) is 11.9 Å². The smallest absolute Gasteiger partial charge is 0.190 e. The predicted octanol–water partition coefficient (Wildman–Crippen LogP) is 4.64. The van der Waals surface area contributed by atoms with Crippen LogP contribution in [0.3, 0.4) is 0 Å². The second-order valence-electron chi connectivity index (χ2n) is 3.09. The van der Waals surface area contributed by atoms with E-state index in [1.807, 2.05) is 50.2 Å². The van der Waals surface area contributed by atoms with Crippen molar-refractivity contribution < 1.29 is 8.78 Å². The first kappa shape index (κ1) is 16.2. The van der Waals surface area contributed by atoms with Crippen LogP contribution in [-0.4, -0.2) is 4.98 Å². The lowest BCUT2D eigenvalue weighted by Gasteiger charge is -1.95. The summed E-state index contributed by atoms with van der Waals surface area (Å²) in [6, 6.07) is 14.6. The van der Waals surface area contributed by atoms with E-state index in [1.54, 1.807) is 6.92 Å². The molecule has 1 heterocycles. The van der Waals surface area contributed by atoms with Crippen LogP contribution in [0.5, 0.6) is 0 Å². The van der Waals surface area contributed by atoms with Gasteiger partial charge in [0.1, 0.15) is 0 Å². The van der Waals surface area contributed by atoms with Crippen molar-refractivity contribution in [1.29, 1.82) is 0 Å². The topological polar surface area (TPSA) is 12.9 Å². The van der Waals surface area contributed by atoms with Crippen molar-refractivity contribution in [3.8, 4) is 0 Å². The second kappa shape index (κ2) is 10.4. The van der Waals surface area contributed by atoms with E-state index in [4.69, 9.17) is 0 Å². The summed E-state index contributed by atoms with van der Waals surface area (Å²) in [5.74, 6) is -1.47. The van der Waals surface area contributed by atoms with E-state index in [0.29, 0.717) is 12.0 Å². The molecule has 1 aromatic heterocycles. The van der Waals surface area contributed by atoms with Crippen molar-refractivity contribution in [2.75, 3.05) is 0 Å². The highest BCUT2D eigenvalue weighted by atomic mass is 19.1. The van der Waals surface area contributed by atoms with Gasteiger partial charge in [0.15, 0.2) is 0 Å². The highest BCUT2D eigenvalue weighted by molar-refractivity contribution is 5.10. The van der Waals surface area contributed by atoms with Crippen LogP contribution in [0, 0.1) is 11.9 Å². The largest absolute Gasteiger partial charge is 0.218 e. The van der Waals surface area contributed by atoms with Gasteiger partial charge in [0, 0.05) is 5.56 Å². The molecule has 0 spiro atoms. The lowest BCUT2D eigenvalue weighted by Crippen LogP contribution is -1.93. The minimum absolute atomic E-state index is 0.446. The van der Waals surface area contributed by atoms with Crippen LogP contribution in [0.1, 0.15) is 26.3 Å². The Morgan fingerprint density at radius 3 is 1.67 bits per heavy atom. The quantitative estimate of drug-likeness (QED) is 0.673. The summed E-state index contributed by atoms with van der Waals surface area (Å²) in [7, 11) is 0. The van der Waals surface area contributed by atoms with Gasteiger partial charge in [-0.3, -0.25) is 0 Å². The van der Waals surface area contributed by atoms with Gasteiger partial charge >= 0.3 is 0 Å². The van der Waals surface area contributed by atoms with Gasteiger partial charge in [-0.05, 0) is 18.6 Å². The average molecular weight is 251 g/mol. The summed E-state index contributed by atoms with van der Waals surface area (Å²) >= 11 is 0. The van der Waals surface area contributed by atoms with E-state index in [-0.39, 0.29) is 0 Å². The summed E-state index contributed by atoms with van der Waals surface area (Å²) in [4.78, 5) is 3.01. The van der Waals surface area contributed by atoms with Crippen molar-refractivity contribution >= 4 is 0 Å². The van der Waals surface area contributed by atoms with E-state index in [2.05, 4.69) is 4.98 Å². The Balaban J connectivity index is 0.000000308. The molecule has 18 heavy (non-hydrogen) atoms. The monoisotopic (exact) mass is 251 g/mol. The van der Waals surface area contributed by atoms with Crippen molar-refractivity contribution in [2.45, 2.75) is 27.2 Å². The minimum atomic E-state index is -0.769. The van der Waals surface area contributed by atoms with Crippen molar-refractivity contribution in [3.05, 3.63) is 66.0 Å². The molecule has 1 aromatic carbocycles. The number of pyridine rings is 1. The molecule has 98 valence electrons. The molecule has 1 nitrogen and oxygen atoms in total. The van der Waals surface area contributed by atoms with Gasteiger partial charge in [0.05, 0.1) is 0 Å².